The quantitative estimate of drug-likeness (QED) is 0.853. The first-order valence-corrected chi connectivity index (χ1v) is 5.64. The zero-order chi connectivity index (χ0) is 10.8. The van der Waals surface area contributed by atoms with Gasteiger partial charge in [-0.05, 0) is 37.0 Å². The SMILES string of the molecule is c1cc(CNc2cnc3c(c2)CCC3)co1. The van der Waals surface area contributed by atoms with E-state index >= 15 is 0 Å². The van der Waals surface area contributed by atoms with E-state index < -0.39 is 0 Å². The molecule has 2 aromatic heterocycles. The van der Waals surface area contributed by atoms with Gasteiger partial charge in [-0.3, -0.25) is 4.98 Å². The van der Waals surface area contributed by atoms with Crippen LogP contribution in [0.15, 0.2) is 35.3 Å². The van der Waals surface area contributed by atoms with E-state index in [2.05, 4.69) is 16.4 Å². The molecule has 1 N–H and O–H groups in total. The Morgan fingerprint density at radius 1 is 1.38 bits per heavy atom. The Labute approximate surface area is 94.5 Å². The van der Waals surface area contributed by atoms with E-state index in [1.807, 2.05) is 12.3 Å². The van der Waals surface area contributed by atoms with Crippen LogP contribution in [0.1, 0.15) is 23.2 Å². The zero-order valence-electron chi connectivity index (χ0n) is 9.07. The summed E-state index contributed by atoms with van der Waals surface area (Å²) >= 11 is 0. The van der Waals surface area contributed by atoms with E-state index in [0.717, 1.165) is 24.2 Å². The Bertz CT molecular complexity index is 477. The Morgan fingerprint density at radius 2 is 2.38 bits per heavy atom. The van der Waals surface area contributed by atoms with Gasteiger partial charge in [-0.25, -0.2) is 0 Å². The number of hydrogen-bond donors (Lipinski definition) is 1. The lowest BCUT2D eigenvalue weighted by molar-refractivity contribution is 0.564. The molecule has 3 nitrogen and oxygen atoms in total. The molecule has 3 rings (SSSR count). The third-order valence-electron chi connectivity index (χ3n) is 3.00. The van der Waals surface area contributed by atoms with Crippen molar-refractivity contribution in [2.75, 3.05) is 5.32 Å². The van der Waals surface area contributed by atoms with Gasteiger partial charge in [0.25, 0.3) is 0 Å². The van der Waals surface area contributed by atoms with Gasteiger partial charge >= 0.3 is 0 Å². The molecule has 1 aliphatic carbocycles. The smallest absolute Gasteiger partial charge is 0.0952 e. The molecule has 0 bridgehead atoms. The van der Waals surface area contributed by atoms with Gasteiger partial charge in [0.1, 0.15) is 0 Å². The lowest BCUT2D eigenvalue weighted by Gasteiger charge is -2.06. The van der Waals surface area contributed by atoms with Crippen LogP contribution in [0.4, 0.5) is 5.69 Å². The molecule has 16 heavy (non-hydrogen) atoms. The molecule has 0 radical (unpaired) electrons. The fourth-order valence-corrected chi connectivity index (χ4v) is 2.12. The summed E-state index contributed by atoms with van der Waals surface area (Å²) in [6.07, 6.45) is 8.92. The first kappa shape index (κ1) is 9.46. The van der Waals surface area contributed by atoms with E-state index in [0.29, 0.717) is 0 Å². The van der Waals surface area contributed by atoms with Crippen LogP contribution < -0.4 is 5.32 Å². The van der Waals surface area contributed by atoms with Crippen LogP contribution in [0.3, 0.4) is 0 Å². The van der Waals surface area contributed by atoms with Crippen molar-refractivity contribution in [1.29, 1.82) is 0 Å². The number of furan rings is 1. The molecule has 0 amide bonds. The van der Waals surface area contributed by atoms with Crippen molar-refractivity contribution in [1.82, 2.24) is 4.98 Å². The van der Waals surface area contributed by atoms with Gasteiger partial charge in [-0.1, -0.05) is 0 Å². The van der Waals surface area contributed by atoms with Gasteiger partial charge in [-0.2, -0.15) is 0 Å². The highest BCUT2D eigenvalue weighted by atomic mass is 16.3. The molecule has 0 aliphatic heterocycles. The van der Waals surface area contributed by atoms with Crippen molar-refractivity contribution in [2.45, 2.75) is 25.8 Å². The molecule has 82 valence electrons. The van der Waals surface area contributed by atoms with Gasteiger partial charge in [0.2, 0.25) is 0 Å². The number of fused-ring (bicyclic) bond motifs is 1. The second-order valence-electron chi connectivity index (χ2n) is 4.17. The molecule has 0 saturated heterocycles. The predicted molar refractivity (Wildman–Crippen MR) is 62.3 cm³/mol. The molecule has 0 fully saturated rings. The van der Waals surface area contributed by atoms with Crippen molar-refractivity contribution < 1.29 is 4.42 Å². The average molecular weight is 214 g/mol. The minimum Gasteiger partial charge on any atom is -0.472 e. The maximum Gasteiger partial charge on any atom is 0.0952 e. The topological polar surface area (TPSA) is 38.1 Å². The molecule has 0 atom stereocenters. The summed E-state index contributed by atoms with van der Waals surface area (Å²) in [5.74, 6) is 0. The van der Waals surface area contributed by atoms with Crippen LogP contribution in [-0.4, -0.2) is 4.98 Å². The molecule has 1 aliphatic rings. The van der Waals surface area contributed by atoms with E-state index in [-0.39, 0.29) is 0 Å². The van der Waals surface area contributed by atoms with Crippen LogP contribution in [-0.2, 0) is 19.4 Å². The molecule has 2 aromatic rings. The highest BCUT2D eigenvalue weighted by Gasteiger charge is 2.11. The van der Waals surface area contributed by atoms with Gasteiger partial charge in [0.15, 0.2) is 0 Å². The highest BCUT2D eigenvalue weighted by molar-refractivity contribution is 5.46. The third kappa shape index (κ3) is 1.81. The molecular formula is C13H14N2O. The monoisotopic (exact) mass is 214 g/mol. The number of pyridine rings is 1. The van der Waals surface area contributed by atoms with E-state index in [4.69, 9.17) is 4.42 Å². The van der Waals surface area contributed by atoms with Crippen LogP contribution in [0, 0.1) is 0 Å². The summed E-state index contributed by atoms with van der Waals surface area (Å²) in [7, 11) is 0. The number of nitrogens with zero attached hydrogens (tertiary/aromatic N) is 1. The number of nitrogens with one attached hydrogen (secondary N) is 1. The Morgan fingerprint density at radius 3 is 3.25 bits per heavy atom. The predicted octanol–water partition coefficient (Wildman–Crippen LogP) is 2.78. The third-order valence-corrected chi connectivity index (χ3v) is 3.00. The van der Waals surface area contributed by atoms with Crippen molar-refractivity contribution in [3.8, 4) is 0 Å². The first-order chi connectivity index (χ1) is 7.92. The maximum atomic E-state index is 5.02. The standard InChI is InChI=1S/C13H14N2O/c1-2-11-6-12(8-15-13(11)3-1)14-7-10-4-5-16-9-10/h4-6,8-9,14H,1-3,7H2. The van der Waals surface area contributed by atoms with Crippen molar-refractivity contribution >= 4 is 5.69 Å². The molecule has 3 heteroatoms. The van der Waals surface area contributed by atoms with Gasteiger partial charge < -0.3 is 9.73 Å². The molecular weight excluding hydrogens is 200 g/mol. The normalized spacial score (nSPS) is 13.8. The van der Waals surface area contributed by atoms with Gasteiger partial charge in [0.05, 0.1) is 24.4 Å². The molecule has 2 heterocycles. The number of anilines is 1. The summed E-state index contributed by atoms with van der Waals surface area (Å²) in [5.41, 5.74) is 4.92. The van der Waals surface area contributed by atoms with Gasteiger partial charge in [0, 0.05) is 17.8 Å². The minimum absolute atomic E-state index is 0.789. The fourth-order valence-electron chi connectivity index (χ4n) is 2.12. The van der Waals surface area contributed by atoms with Crippen molar-refractivity contribution in [3.05, 3.63) is 47.7 Å². The Balaban J connectivity index is 1.71. The lowest BCUT2D eigenvalue weighted by atomic mass is 10.2. The molecule has 0 aromatic carbocycles. The minimum atomic E-state index is 0.789. The summed E-state index contributed by atoms with van der Waals surface area (Å²) in [6.45, 7) is 0.789. The Kier molecular flexibility index (Phi) is 2.37. The number of hydrogen-bond acceptors (Lipinski definition) is 3. The first-order valence-electron chi connectivity index (χ1n) is 5.64. The van der Waals surface area contributed by atoms with Crippen LogP contribution in [0.25, 0.3) is 0 Å². The summed E-state index contributed by atoms with van der Waals surface area (Å²) in [6, 6.07) is 4.18. The van der Waals surface area contributed by atoms with Crippen LogP contribution >= 0.6 is 0 Å². The lowest BCUT2D eigenvalue weighted by Crippen LogP contribution is -2.00. The number of rotatable bonds is 3. The largest absolute Gasteiger partial charge is 0.472 e. The zero-order valence-corrected chi connectivity index (χ0v) is 9.07. The second kappa shape index (κ2) is 4.00. The van der Waals surface area contributed by atoms with E-state index in [1.165, 1.54) is 24.1 Å². The maximum absolute atomic E-state index is 5.02. The Hall–Kier alpha value is -1.77. The fraction of sp³-hybridized carbons (Fsp3) is 0.308. The average Bonchev–Trinajstić information content (AvgIpc) is 2.97. The molecule has 0 saturated carbocycles. The van der Waals surface area contributed by atoms with Crippen LogP contribution in [0.5, 0.6) is 0 Å². The summed E-state index contributed by atoms with van der Waals surface area (Å²) in [5, 5.41) is 3.35. The van der Waals surface area contributed by atoms with E-state index in [9.17, 15) is 0 Å². The van der Waals surface area contributed by atoms with Crippen LogP contribution in [0.2, 0.25) is 0 Å². The number of aryl methyl sites for hydroxylation is 2. The second-order valence-corrected chi connectivity index (χ2v) is 4.17. The highest BCUT2D eigenvalue weighted by Crippen LogP contribution is 2.22. The van der Waals surface area contributed by atoms with Crippen molar-refractivity contribution in [2.24, 2.45) is 0 Å². The van der Waals surface area contributed by atoms with Crippen molar-refractivity contribution in [3.63, 3.8) is 0 Å². The summed E-state index contributed by atoms with van der Waals surface area (Å²) < 4.78 is 5.02. The number of aromatic nitrogens is 1. The van der Waals surface area contributed by atoms with E-state index in [1.54, 1.807) is 12.5 Å². The van der Waals surface area contributed by atoms with Gasteiger partial charge in [-0.15, -0.1) is 0 Å². The molecule has 0 unspecified atom stereocenters. The summed E-state index contributed by atoms with van der Waals surface area (Å²) in [4.78, 5) is 4.47. The molecule has 0 spiro atoms.